The summed E-state index contributed by atoms with van der Waals surface area (Å²) in [6.07, 6.45) is -0.509. The topological polar surface area (TPSA) is 45.0 Å². The summed E-state index contributed by atoms with van der Waals surface area (Å²) >= 11 is 0. The Morgan fingerprint density at radius 2 is 2.20 bits per heavy atom. The number of hydrogen-bond donors (Lipinski definition) is 1. The smallest absolute Gasteiger partial charge is 0.261 e. The van der Waals surface area contributed by atoms with E-state index in [1.807, 2.05) is 6.92 Å². The monoisotopic (exact) mass is 220 g/mol. The Kier molecular flexibility index (Phi) is 7.18. The molecule has 0 bridgehead atoms. The fraction of sp³-hybridized carbons (Fsp3) is 0.900. The molecular weight excluding hydrogens is 202 g/mol. The van der Waals surface area contributed by atoms with Gasteiger partial charge in [-0.3, -0.25) is 0 Å². The molecule has 0 aliphatic heterocycles. The second-order valence-corrected chi connectivity index (χ2v) is 3.37. The Morgan fingerprint density at radius 3 is 2.60 bits per heavy atom. The van der Waals surface area contributed by atoms with Crippen molar-refractivity contribution in [2.24, 2.45) is 0 Å². The fourth-order valence-corrected chi connectivity index (χ4v) is 1.32. The Hall–Kier alpha value is -0.730. The molecule has 1 N–H and O–H groups in total. The van der Waals surface area contributed by atoms with Crippen LogP contribution in [0.2, 0.25) is 0 Å². The molecule has 5 heteroatoms. The van der Waals surface area contributed by atoms with Gasteiger partial charge in [-0.15, -0.1) is 0 Å². The summed E-state index contributed by atoms with van der Waals surface area (Å²) in [7, 11) is 1.73. The largest absolute Gasteiger partial charge is 0.376 e. The molecule has 3 nitrogen and oxygen atoms in total. The summed E-state index contributed by atoms with van der Waals surface area (Å²) in [6, 6.07) is 2.20. The first-order valence-corrected chi connectivity index (χ1v) is 5.06. The van der Waals surface area contributed by atoms with Crippen molar-refractivity contribution >= 4 is 0 Å². The number of hydrogen-bond acceptors (Lipinski definition) is 3. The highest BCUT2D eigenvalue weighted by Crippen LogP contribution is 2.15. The molecule has 0 aliphatic rings. The van der Waals surface area contributed by atoms with E-state index in [4.69, 9.17) is 10.00 Å². The van der Waals surface area contributed by atoms with Gasteiger partial charge in [-0.2, -0.15) is 5.26 Å². The van der Waals surface area contributed by atoms with E-state index in [9.17, 15) is 8.78 Å². The van der Waals surface area contributed by atoms with Crippen LogP contribution in [-0.4, -0.2) is 32.2 Å². The zero-order valence-corrected chi connectivity index (χ0v) is 9.22. The van der Waals surface area contributed by atoms with E-state index in [1.165, 1.54) is 0 Å². The zero-order chi connectivity index (χ0) is 11.7. The lowest BCUT2D eigenvalue weighted by atomic mass is 9.92. The Bertz CT molecular complexity index is 200. The summed E-state index contributed by atoms with van der Waals surface area (Å²) in [6.45, 7) is 1.67. The highest BCUT2D eigenvalue weighted by molar-refractivity contribution is 5.05. The molecule has 0 fully saturated rings. The van der Waals surface area contributed by atoms with Gasteiger partial charge in [0.2, 0.25) is 0 Å². The number of rotatable bonds is 8. The van der Waals surface area contributed by atoms with E-state index in [-0.39, 0.29) is 6.61 Å². The lowest BCUT2D eigenvalue weighted by Gasteiger charge is -2.24. The van der Waals surface area contributed by atoms with Crippen molar-refractivity contribution in [3.8, 4) is 6.07 Å². The molecule has 0 radical (unpaired) electrons. The molecule has 0 saturated carbocycles. The number of nitrogens with one attached hydrogen (secondary N) is 1. The van der Waals surface area contributed by atoms with Crippen LogP contribution in [0.25, 0.3) is 0 Å². The summed E-state index contributed by atoms with van der Waals surface area (Å²) in [4.78, 5) is 0. The van der Waals surface area contributed by atoms with Crippen molar-refractivity contribution < 1.29 is 13.5 Å². The minimum absolute atomic E-state index is 0.273. The van der Waals surface area contributed by atoms with Crippen LogP contribution in [0.15, 0.2) is 0 Å². The average molecular weight is 220 g/mol. The van der Waals surface area contributed by atoms with Crippen molar-refractivity contribution in [3.05, 3.63) is 0 Å². The summed E-state index contributed by atoms with van der Waals surface area (Å²) in [5, 5.41) is 11.9. The van der Waals surface area contributed by atoms with Crippen LogP contribution in [0.1, 0.15) is 26.2 Å². The lowest BCUT2D eigenvalue weighted by Crippen LogP contribution is -2.40. The van der Waals surface area contributed by atoms with Crippen LogP contribution >= 0.6 is 0 Å². The highest BCUT2D eigenvalue weighted by Gasteiger charge is 2.24. The van der Waals surface area contributed by atoms with Gasteiger partial charge in [0.15, 0.2) is 0 Å². The molecule has 0 aromatic heterocycles. The second kappa shape index (κ2) is 7.55. The predicted molar refractivity (Wildman–Crippen MR) is 53.8 cm³/mol. The zero-order valence-electron chi connectivity index (χ0n) is 9.22. The second-order valence-electron chi connectivity index (χ2n) is 3.37. The van der Waals surface area contributed by atoms with Crippen LogP contribution in [-0.2, 0) is 4.74 Å². The molecule has 1 atom stereocenters. The van der Waals surface area contributed by atoms with E-state index < -0.39 is 18.6 Å². The molecule has 0 aliphatic carbocycles. The van der Waals surface area contributed by atoms with Gasteiger partial charge in [0.25, 0.3) is 6.43 Å². The van der Waals surface area contributed by atoms with Crippen molar-refractivity contribution in [3.63, 3.8) is 0 Å². The van der Waals surface area contributed by atoms with Crippen LogP contribution in [0.4, 0.5) is 8.78 Å². The third-order valence-corrected chi connectivity index (χ3v) is 2.43. The summed E-state index contributed by atoms with van der Waals surface area (Å²) in [5.41, 5.74) is -0.547. The van der Waals surface area contributed by atoms with Crippen molar-refractivity contribution in [1.29, 1.82) is 5.26 Å². The van der Waals surface area contributed by atoms with Crippen molar-refractivity contribution in [1.82, 2.24) is 5.32 Å². The standard InChI is InChI=1S/C10H18F2N2O/c1-3-10(8-13,14-2)5-4-6-15-7-9(11)12/h9,14H,3-7H2,1-2H3. The predicted octanol–water partition coefficient (Wildman–Crippen LogP) is 1.94. The fourth-order valence-electron chi connectivity index (χ4n) is 1.32. The molecular formula is C10H18F2N2O. The maximum atomic E-state index is 11.7. The average Bonchev–Trinajstić information content (AvgIpc) is 2.24. The highest BCUT2D eigenvalue weighted by atomic mass is 19.3. The molecule has 1 unspecified atom stereocenters. The minimum Gasteiger partial charge on any atom is -0.376 e. The van der Waals surface area contributed by atoms with Crippen molar-refractivity contribution in [2.75, 3.05) is 20.3 Å². The Labute approximate surface area is 89.4 Å². The Balaban J connectivity index is 3.69. The minimum atomic E-state index is -2.42. The van der Waals surface area contributed by atoms with E-state index >= 15 is 0 Å². The van der Waals surface area contributed by atoms with Gasteiger partial charge in [-0.1, -0.05) is 6.92 Å². The first-order chi connectivity index (χ1) is 7.10. The molecule has 0 aromatic carbocycles. The van der Waals surface area contributed by atoms with Gasteiger partial charge in [0, 0.05) is 6.61 Å². The molecule has 0 spiro atoms. The maximum absolute atomic E-state index is 11.7. The summed E-state index contributed by atoms with van der Waals surface area (Å²) < 4.78 is 28.1. The molecule has 0 saturated heterocycles. The van der Waals surface area contributed by atoms with Crippen LogP contribution in [0.3, 0.4) is 0 Å². The third kappa shape index (κ3) is 5.65. The van der Waals surface area contributed by atoms with E-state index in [0.29, 0.717) is 19.3 Å². The van der Waals surface area contributed by atoms with E-state index in [0.717, 1.165) is 0 Å². The number of nitrogens with zero attached hydrogens (tertiary/aromatic N) is 1. The molecule has 15 heavy (non-hydrogen) atoms. The quantitative estimate of drug-likeness (QED) is 0.636. The van der Waals surface area contributed by atoms with E-state index in [2.05, 4.69) is 11.4 Å². The van der Waals surface area contributed by atoms with Gasteiger partial charge in [0.1, 0.15) is 12.1 Å². The number of halogens is 2. The van der Waals surface area contributed by atoms with Gasteiger partial charge < -0.3 is 10.1 Å². The van der Waals surface area contributed by atoms with Crippen molar-refractivity contribution in [2.45, 2.75) is 38.2 Å². The number of nitriles is 1. The summed E-state index contributed by atoms with van der Waals surface area (Å²) in [5.74, 6) is 0. The SMILES string of the molecule is CCC(C#N)(CCCOCC(F)F)NC. The first kappa shape index (κ1) is 14.3. The first-order valence-electron chi connectivity index (χ1n) is 5.06. The molecule has 0 amide bonds. The third-order valence-electron chi connectivity index (χ3n) is 2.43. The molecule has 0 heterocycles. The van der Waals surface area contributed by atoms with Gasteiger partial charge in [0.05, 0.1) is 6.07 Å². The van der Waals surface area contributed by atoms with Crippen LogP contribution < -0.4 is 5.32 Å². The van der Waals surface area contributed by atoms with Gasteiger partial charge in [-0.25, -0.2) is 8.78 Å². The van der Waals surface area contributed by atoms with Crippen LogP contribution in [0, 0.1) is 11.3 Å². The normalized spacial score (nSPS) is 14.9. The lowest BCUT2D eigenvalue weighted by molar-refractivity contribution is 0.0151. The molecule has 0 aromatic rings. The van der Waals surface area contributed by atoms with Gasteiger partial charge >= 0.3 is 0 Å². The Morgan fingerprint density at radius 1 is 1.53 bits per heavy atom. The van der Waals surface area contributed by atoms with Crippen LogP contribution in [0.5, 0.6) is 0 Å². The van der Waals surface area contributed by atoms with Gasteiger partial charge in [-0.05, 0) is 26.3 Å². The maximum Gasteiger partial charge on any atom is 0.261 e. The number of ether oxygens (including phenoxy) is 1. The molecule has 88 valence electrons. The van der Waals surface area contributed by atoms with E-state index in [1.54, 1.807) is 7.05 Å². The molecule has 0 rings (SSSR count). The number of alkyl halides is 2.